The predicted octanol–water partition coefficient (Wildman–Crippen LogP) is 3.10. The van der Waals surface area contributed by atoms with Crippen molar-refractivity contribution in [2.45, 2.75) is 39.8 Å². The van der Waals surface area contributed by atoms with Crippen LogP contribution in [0.25, 0.3) is 0 Å². The number of rotatable bonds is 8. The lowest BCUT2D eigenvalue weighted by atomic mass is 10.1. The maximum atomic E-state index is 13.0. The van der Waals surface area contributed by atoms with Crippen molar-refractivity contribution < 1.29 is 14.3 Å². The molecule has 0 aromatic heterocycles. The minimum atomic E-state index is -0.544. The van der Waals surface area contributed by atoms with E-state index in [1.807, 2.05) is 62.4 Å². The molecule has 0 bridgehead atoms. The Bertz CT molecular complexity index is 754. The lowest BCUT2D eigenvalue weighted by Crippen LogP contribution is -2.48. The number of aryl methyl sites for hydroxylation is 1. The second-order valence-electron chi connectivity index (χ2n) is 6.60. The Morgan fingerprint density at radius 1 is 1.04 bits per heavy atom. The largest absolute Gasteiger partial charge is 0.497 e. The van der Waals surface area contributed by atoms with Gasteiger partial charge in [0.2, 0.25) is 11.8 Å². The average Bonchev–Trinajstić information content (AvgIpc) is 2.67. The van der Waals surface area contributed by atoms with E-state index < -0.39 is 6.04 Å². The summed E-state index contributed by atoms with van der Waals surface area (Å²) in [5, 5.41) is 2.81. The van der Waals surface area contributed by atoms with Gasteiger partial charge < -0.3 is 15.0 Å². The van der Waals surface area contributed by atoms with Gasteiger partial charge in [-0.3, -0.25) is 9.59 Å². The molecule has 0 unspecified atom stereocenters. The second kappa shape index (κ2) is 9.76. The van der Waals surface area contributed by atoms with Gasteiger partial charge in [0, 0.05) is 13.1 Å². The van der Waals surface area contributed by atoms with Gasteiger partial charge in [0.1, 0.15) is 11.8 Å². The molecule has 5 heteroatoms. The van der Waals surface area contributed by atoms with E-state index in [9.17, 15) is 9.59 Å². The van der Waals surface area contributed by atoms with E-state index >= 15 is 0 Å². The first-order valence-corrected chi connectivity index (χ1v) is 9.20. The molecule has 5 nitrogen and oxygen atoms in total. The van der Waals surface area contributed by atoms with Crippen LogP contribution in [0, 0.1) is 6.92 Å². The molecule has 0 heterocycles. The average molecular weight is 368 g/mol. The van der Waals surface area contributed by atoms with E-state index in [0.29, 0.717) is 13.1 Å². The highest BCUT2D eigenvalue weighted by atomic mass is 16.5. The quantitative estimate of drug-likeness (QED) is 0.779. The molecule has 2 rings (SSSR count). The summed E-state index contributed by atoms with van der Waals surface area (Å²) in [5.74, 6) is 0.519. The minimum Gasteiger partial charge on any atom is -0.497 e. The van der Waals surface area contributed by atoms with Gasteiger partial charge >= 0.3 is 0 Å². The molecule has 2 amide bonds. The third-order valence-corrected chi connectivity index (χ3v) is 4.51. The molecular weight excluding hydrogens is 340 g/mol. The van der Waals surface area contributed by atoms with Crippen LogP contribution >= 0.6 is 0 Å². The van der Waals surface area contributed by atoms with Gasteiger partial charge in [-0.1, -0.05) is 42.0 Å². The molecular formula is C22H28N2O3. The first kappa shape index (κ1) is 20.5. The van der Waals surface area contributed by atoms with Gasteiger partial charge in [-0.25, -0.2) is 0 Å². The molecule has 0 aliphatic rings. The van der Waals surface area contributed by atoms with Crippen LogP contribution in [0.1, 0.15) is 30.5 Å². The summed E-state index contributed by atoms with van der Waals surface area (Å²) in [6.07, 6.45) is 0.236. The highest BCUT2D eigenvalue weighted by Gasteiger charge is 2.25. The summed E-state index contributed by atoms with van der Waals surface area (Å²) in [6.45, 7) is 6.59. The smallest absolute Gasteiger partial charge is 0.242 e. The zero-order chi connectivity index (χ0) is 19.8. The van der Waals surface area contributed by atoms with Crippen LogP contribution in [0.5, 0.6) is 5.75 Å². The number of ether oxygens (including phenoxy) is 1. The zero-order valence-corrected chi connectivity index (χ0v) is 16.5. The summed E-state index contributed by atoms with van der Waals surface area (Å²) in [5.41, 5.74) is 3.05. The van der Waals surface area contributed by atoms with Gasteiger partial charge in [-0.05, 0) is 44.0 Å². The van der Waals surface area contributed by atoms with Crippen LogP contribution in [0.4, 0.5) is 0 Å². The molecule has 0 radical (unpaired) electrons. The number of nitrogens with one attached hydrogen (secondary N) is 1. The number of amides is 2. The Labute approximate surface area is 161 Å². The lowest BCUT2D eigenvalue weighted by Gasteiger charge is -2.29. The topological polar surface area (TPSA) is 58.6 Å². The zero-order valence-electron chi connectivity index (χ0n) is 16.5. The Balaban J connectivity index is 2.19. The SMILES string of the molecule is CCNC(=O)[C@@H](C)N(Cc1ccc(C)cc1)C(=O)Cc1ccc(OC)cc1. The van der Waals surface area contributed by atoms with Crippen molar-refractivity contribution in [2.24, 2.45) is 0 Å². The maximum Gasteiger partial charge on any atom is 0.242 e. The summed E-state index contributed by atoms with van der Waals surface area (Å²) in [6, 6.07) is 14.9. The fourth-order valence-corrected chi connectivity index (χ4v) is 2.81. The second-order valence-corrected chi connectivity index (χ2v) is 6.60. The van der Waals surface area contributed by atoms with Crippen molar-refractivity contribution in [3.05, 3.63) is 65.2 Å². The normalized spacial score (nSPS) is 11.6. The van der Waals surface area contributed by atoms with Gasteiger partial charge in [0.25, 0.3) is 0 Å². The van der Waals surface area contributed by atoms with Gasteiger partial charge in [-0.15, -0.1) is 0 Å². The fraction of sp³-hybridized carbons (Fsp3) is 0.364. The number of nitrogens with zero attached hydrogens (tertiary/aromatic N) is 1. The molecule has 1 N–H and O–H groups in total. The van der Waals surface area contributed by atoms with Gasteiger partial charge in [0.15, 0.2) is 0 Å². The van der Waals surface area contributed by atoms with Crippen molar-refractivity contribution in [3.63, 3.8) is 0 Å². The lowest BCUT2D eigenvalue weighted by molar-refractivity contribution is -0.140. The Morgan fingerprint density at radius 2 is 1.63 bits per heavy atom. The fourth-order valence-electron chi connectivity index (χ4n) is 2.81. The monoisotopic (exact) mass is 368 g/mol. The molecule has 0 aliphatic carbocycles. The van der Waals surface area contributed by atoms with Crippen LogP contribution in [-0.2, 0) is 22.6 Å². The number of hydrogen-bond donors (Lipinski definition) is 1. The number of benzene rings is 2. The molecule has 0 aliphatic heterocycles. The van der Waals surface area contributed by atoms with Gasteiger partial charge in [-0.2, -0.15) is 0 Å². The number of carbonyl (C=O) groups excluding carboxylic acids is 2. The first-order chi connectivity index (χ1) is 12.9. The van der Waals surface area contributed by atoms with Crippen molar-refractivity contribution in [1.82, 2.24) is 10.2 Å². The minimum absolute atomic E-state index is 0.0838. The van der Waals surface area contributed by atoms with Crippen molar-refractivity contribution in [1.29, 1.82) is 0 Å². The van der Waals surface area contributed by atoms with Crippen LogP contribution in [0.15, 0.2) is 48.5 Å². The third-order valence-electron chi connectivity index (χ3n) is 4.51. The molecule has 27 heavy (non-hydrogen) atoms. The Hall–Kier alpha value is -2.82. The number of likely N-dealkylation sites (N-methyl/N-ethyl adjacent to an activating group) is 1. The van der Waals surface area contributed by atoms with Crippen molar-refractivity contribution >= 4 is 11.8 Å². The first-order valence-electron chi connectivity index (χ1n) is 9.20. The van der Waals surface area contributed by atoms with E-state index in [4.69, 9.17) is 4.74 Å². The summed E-state index contributed by atoms with van der Waals surface area (Å²) < 4.78 is 5.16. The number of hydrogen-bond acceptors (Lipinski definition) is 3. The van der Waals surface area contributed by atoms with E-state index in [2.05, 4.69) is 5.32 Å². The summed E-state index contributed by atoms with van der Waals surface area (Å²) >= 11 is 0. The third kappa shape index (κ3) is 5.84. The van der Waals surface area contributed by atoms with Crippen molar-refractivity contribution in [2.75, 3.05) is 13.7 Å². The Morgan fingerprint density at radius 3 is 2.19 bits per heavy atom. The summed E-state index contributed by atoms with van der Waals surface area (Å²) in [4.78, 5) is 27.0. The molecule has 2 aromatic rings. The molecule has 0 spiro atoms. The summed E-state index contributed by atoms with van der Waals surface area (Å²) in [7, 11) is 1.61. The van der Waals surface area contributed by atoms with Crippen LogP contribution in [0.2, 0.25) is 0 Å². The van der Waals surface area contributed by atoms with Gasteiger partial charge in [0.05, 0.1) is 13.5 Å². The molecule has 0 saturated heterocycles. The van der Waals surface area contributed by atoms with E-state index in [-0.39, 0.29) is 18.2 Å². The predicted molar refractivity (Wildman–Crippen MR) is 107 cm³/mol. The highest BCUT2D eigenvalue weighted by Crippen LogP contribution is 2.15. The molecule has 0 fully saturated rings. The maximum absolute atomic E-state index is 13.0. The van der Waals surface area contributed by atoms with E-state index in [1.165, 1.54) is 0 Å². The number of methoxy groups -OCH3 is 1. The number of carbonyl (C=O) groups is 2. The Kier molecular flexibility index (Phi) is 7.41. The van der Waals surface area contributed by atoms with Crippen LogP contribution < -0.4 is 10.1 Å². The standard InChI is InChI=1S/C22H28N2O3/c1-5-23-22(26)17(3)24(15-19-8-6-16(2)7-9-19)21(25)14-18-10-12-20(27-4)13-11-18/h6-13,17H,5,14-15H2,1-4H3,(H,23,26)/t17-/m1/s1. The molecule has 144 valence electrons. The highest BCUT2D eigenvalue weighted by molar-refractivity contribution is 5.88. The molecule has 0 saturated carbocycles. The van der Waals surface area contributed by atoms with E-state index in [1.54, 1.807) is 18.9 Å². The molecule has 1 atom stereocenters. The van der Waals surface area contributed by atoms with Crippen LogP contribution in [0.3, 0.4) is 0 Å². The van der Waals surface area contributed by atoms with E-state index in [0.717, 1.165) is 22.4 Å². The van der Waals surface area contributed by atoms with Crippen molar-refractivity contribution in [3.8, 4) is 5.75 Å². The van der Waals surface area contributed by atoms with Crippen LogP contribution in [-0.4, -0.2) is 36.4 Å². The molecule has 2 aromatic carbocycles.